The predicted molar refractivity (Wildman–Crippen MR) is 141 cm³/mol. The van der Waals surface area contributed by atoms with Crippen LogP contribution in [0.1, 0.15) is 21.2 Å². The van der Waals surface area contributed by atoms with Crippen molar-refractivity contribution in [2.75, 3.05) is 10.6 Å². The van der Waals surface area contributed by atoms with Crippen LogP contribution >= 0.6 is 35.0 Å². The van der Waals surface area contributed by atoms with E-state index in [1.807, 2.05) is 36.4 Å². The van der Waals surface area contributed by atoms with Crippen LogP contribution in [-0.4, -0.2) is 11.8 Å². The third-order valence-corrected chi connectivity index (χ3v) is 6.80. The quantitative estimate of drug-likeness (QED) is 0.242. The predicted octanol–water partition coefficient (Wildman–Crippen LogP) is 7.86. The number of benzene rings is 4. The summed E-state index contributed by atoms with van der Waals surface area (Å²) in [6, 6.07) is 26.9. The molecule has 8 heteroatoms. The molecule has 2 amide bonds. The minimum Gasteiger partial charge on any atom is -0.323 e. The van der Waals surface area contributed by atoms with Gasteiger partial charge in [0.25, 0.3) is 5.91 Å². The molecule has 2 N–H and O–H groups in total. The molecule has 4 aromatic rings. The average Bonchev–Trinajstić information content (AvgIpc) is 2.85. The number of nitrogens with one attached hydrogen (secondary N) is 2. The maximum absolute atomic E-state index is 14.0. The molecule has 0 spiro atoms. The van der Waals surface area contributed by atoms with E-state index in [4.69, 9.17) is 23.2 Å². The van der Waals surface area contributed by atoms with Crippen LogP contribution in [0.3, 0.4) is 0 Å². The average molecular weight is 525 g/mol. The van der Waals surface area contributed by atoms with Gasteiger partial charge in [0.05, 0.1) is 16.3 Å². The molecule has 0 aliphatic carbocycles. The largest absolute Gasteiger partial charge is 0.323 e. The lowest BCUT2D eigenvalue weighted by Crippen LogP contribution is -2.19. The molecule has 0 aliphatic rings. The van der Waals surface area contributed by atoms with Crippen molar-refractivity contribution >= 4 is 58.2 Å². The van der Waals surface area contributed by atoms with Crippen LogP contribution in [0.5, 0.6) is 0 Å². The molecule has 0 aliphatic heterocycles. The topological polar surface area (TPSA) is 58.2 Å². The highest BCUT2D eigenvalue weighted by Crippen LogP contribution is 2.38. The molecule has 0 fully saturated rings. The lowest BCUT2D eigenvalue weighted by molar-refractivity contribution is -0.115. The van der Waals surface area contributed by atoms with Gasteiger partial charge in [-0.1, -0.05) is 71.7 Å². The van der Waals surface area contributed by atoms with E-state index in [-0.39, 0.29) is 11.5 Å². The van der Waals surface area contributed by atoms with E-state index in [2.05, 4.69) is 10.6 Å². The van der Waals surface area contributed by atoms with Crippen molar-refractivity contribution in [3.63, 3.8) is 0 Å². The summed E-state index contributed by atoms with van der Waals surface area (Å²) >= 11 is 13.6. The number of halogens is 3. The van der Waals surface area contributed by atoms with Crippen LogP contribution in [0.25, 0.3) is 0 Å². The summed E-state index contributed by atoms with van der Waals surface area (Å²) in [5.74, 6) is -1.44. The van der Waals surface area contributed by atoms with Gasteiger partial charge in [-0.3, -0.25) is 9.59 Å². The number of amides is 2. The summed E-state index contributed by atoms with van der Waals surface area (Å²) in [7, 11) is 0. The highest BCUT2D eigenvalue weighted by Gasteiger charge is 2.23. The molecule has 4 rings (SSSR count). The molecule has 1 unspecified atom stereocenters. The summed E-state index contributed by atoms with van der Waals surface area (Å²) in [6.45, 7) is 0. The minimum atomic E-state index is -0.622. The highest BCUT2D eigenvalue weighted by atomic mass is 35.5. The van der Waals surface area contributed by atoms with E-state index in [0.717, 1.165) is 10.5 Å². The summed E-state index contributed by atoms with van der Waals surface area (Å²) in [5, 5.41) is 5.77. The van der Waals surface area contributed by atoms with E-state index >= 15 is 0 Å². The third-order valence-electron chi connectivity index (χ3n) is 4.99. The summed E-state index contributed by atoms with van der Waals surface area (Å²) in [6.07, 6.45) is 0. The van der Waals surface area contributed by atoms with Gasteiger partial charge in [0.2, 0.25) is 5.91 Å². The van der Waals surface area contributed by atoms with Gasteiger partial charge in [0.1, 0.15) is 11.1 Å². The molecule has 1 atom stereocenters. The number of carbonyl (C=O) groups is 2. The van der Waals surface area contributed by atoms with E-state index < -0.39 is 17.0 Å². The van der Waals surface area contributed by atoms with Gasteiger partial charge in [0.15, 0.2) is 0 Å². The summed E-state index contributed by atoms with van der Waals surface area (Å²) in [4.78, 5) is 26.6. The van der Waals surface area contributed by atoms with E-state index in [1.54, 1.807) is 42.5 Å². The third kappa shape index (κ3) is 6.42. The number of hydrogen-bond acceptors (Lipinski definition) is 3. The molecule has 0 saturated carbocycles. The maximum atomic E-state index is 14.0. The molecular formula is C27H19Cl2FN2O2S. The maximum Gasteiger partial charge on any atom is 0.258 e. The van der Waals surface area contributed by atoms with Crippen LogP contribution in [0.2, 0.25) is 10.0 Å². The standard InChI is InChI=1S/C27H19Cl2FN2O2S/c28-18-13-14-22(29)24(15-18)32-27(34)25(17-7-2-1-3-8-17)35-20-10-6-9-19(16-20)31-26(33)21-11-4-5-12-23(21)30/h1-16,25H,(H,31,33)(H,32,34). The zero-order chi connectivity index (χ0) is 24.8. The molecule has 0 aromatic heterocycles. The van der Waals surface area contributed by atoms with Gasteiger partial charge in [-0.15, -0.1) is 11.8 Å². The van der Waals surface area contributed by atoms with E-state index in [0.29, 0.717) is 21.4 Å². The molecule has 4 aromatic carbocycles. The smallest absolute Gasteiger partial charge is 0.258 e. The Morgan fingerprint density at radius 3 is 2.31 bits per heavy atom. The Morgan fingerprint density at radius 1 is 0.800 bits per heavy atom. The van der Waals surface area contributed by atoms with E-state index in [9.17, 15) is 14.0 Å². The fraction of sp³-hybridized carbons (Fsp3) is 0.0370. The van der Waals surface area contributed by atoms with Crippen molar-refractivity contribution in [2.45, 2.75) is 10.1 Å². The lowest BCUT2D eigenvalue weighted by Gasteiger charge is -2.18. The number of thioether (sulfide) groups is 1. The second-order valence-corrected chi connectivity index (χ2v) is 9.51. The van der Waals surface area contributed by atoms with Crippen molar-refractivity contribution in [1.82, 2.24) is 0 Å². The van der Waals surface area contributed by atoms with Crippen LogP contribution in [0.15, 0.2) is 102 Å². The van der Waals surface area contributed by atoms with Gasteiger partial charge >= 0.3 is 0 Å². The van der Waals surface area contributed by atoms with Crippen LogP contribution in [-0.2, 0) is 4.79 Å². The fourth-order valence-electron chi connectivity index (χ4n) is 3.32. The Labute approximate surface area is 216 Å². The number of anilines is 2. The van der Waals surface area contributed by atoms with Gasteiger partial charge < -0.3 is 10.6 Å². The molecule has 35 heavy (non-hydrogen) atoms. The Morgan fingerprint density at radius 2 is 1.54 bits per heavy atom. The normalized spacial score (nSPS) is 11.5. The summed E-state index contributed by atoms with van der Waals surface area (Å²) in [5.41, 5.74) is 1.63. The van der Waals surface area contributed by atoms with E-state index in [1.165, 1.54) is 30.0 Å². The Bertz CT molecular complexity index is 1370. The molecule has 0 radical (unpaired) electrons. The Hall–Kier alpha value is -3.32. The first-order chi connectivity index (χ1) is 16.9. The molecule has 4 nitrogen and oxygen atoms in total. The van der Waals surface area contributed by atoms with Gasteiger partial charge in [-0.25, -0.2) is 4.39 Å². The first kappa shape index (κ1) is 24.8. The Balaban J connectivity index is 1.57. The number of carbonyl (C=O) groups excluding carboxylic acids is 2. The summed E-state index contributed by atoms with van der Waals surface area (Å²) < 4.78 is 14.0. The van der Waals surface area contributed by atoms with Crippen molar-refractivity contribution in [2.24, 2.45) is 0 Å². The molecule has 0 heterocycles. The fourth-order valence-corrected chi connectivity index (χ4v) is 4.74. The first-order valence-electron chi connectivity index (χ1n) is 10.5. The van der Waals surface area contributed by atoms with Crippen molar-refractivity contribution < 1.29 is 14.0 Å². The van der Waals surface area contributed by atoms with Gasteiger partial charge in [-0.05, 0) is 54.1 Å². The zero-order valence-corrected chi connectivity index (χ0v) is 20.5. The van der Waals surface area contributed by atoms with Gasteiger partial charge in [-0.2, -0.15) is 0 Å². The molecule has 0 bridgehead atoms. The van der Waals surface area contributed by atoms with Gasteiger partial charge in [0, 0.05) is 15.6 Å². The van der Waals surface area contributed by atoms with Crippen LogP contribution in [0, 0.1) is 5.82 Å². The highest BCUT2D eigenvalue weighted by molar-refractivity contribution is 8.00. The number of rotatable bonds is 7. The second kappa shape index (κ2) is 11.4. The molecule has 176 valence electrons. The minimum absolute atomic E-state index is 0.0505. The molecular weight excluding hydrogens is 506 g/mol. The van der Waals surface area contributed by atoms with Crippen molar-refractivity contribution in [1.29, 1.82) is 0 Å². The zero-order valence-electron chi connectivity index (χ0n) is 18.2. The lowest BCUT2D eigenvalue weighted by atomic mass is 10.1. The second-order valence-electron chi connectivity index (χ2n) is 7.48. The van der Waals surface area contributed by atoms with Crippen molar-refractivity contribution in [3.05, 3.63) is 124 Å². The van der Waals surface area contributed by atoms with Crippen LogP contribution in [0.4, 0.5) is 15.8 Å². The first-order valence-corrected chi connectivity index (χ1v) is 12.2. The SMILES string of the molecule is O=C(Nc1cccc(SC(C(=O)Nc2cc(Cl)ccc2Cl)c2ccccc2)c1)c1ccccc1F. The monoisotopic (exact) mass is 524 g/mol. The van der Waals surface area contributed by atoms with Crippen LogP contribution < -0.4 is 10.6 Å². The Kier molecular flexibility index (Phi) is 8.08. The molecule has 0 saturated heterocycles. The number of hydrogen-bond donors (Lipinski definition) is 2. The van der Waals surface area contributed by atoms with Crippen molar-refractivity contribution in [3.8, 4) is 0 Å².